The zero-order chi connectivity index (χ0) is 17.5. The molecular weight excluding hydrogens is 365 g/mol. The number of nitrogens with one attached hydrogen (secondary N) is 1. The third-order valence-corrected chi connectivity index (χ3v) is 5.22. The van der Waals surface area contributed by atoms with Gasteiger partial charge in [-0.15, -0.1) is 11.8 Å². The minimum Gasteiger partial charge on any atom is -0.497 e. The van der Waals surface area contributed by atoms with Gasteiger partial charge in [-0.1, -0.05) is 41.4 Å². The van der Waals surface area contributed by atoms with Crippen LogP contribution < -0.4 is 10.1 Å². The van der Waals surface area contributed by atoms with Crippen molar-refractivity contribution >= 4 is 40.9 Å². The van der Waals surface area contributed by atoms with Gasteiger partial charge in [0.05, 0.1) is 28.9 Å². The first-order valence-electron chi connectivity index (χ1n) is 7.44. The van der Waals surface area contributed by atoms with Gasteiger partial charge in [-0.2, -0.15) is 0 Å². The number of carbonyl (C=O) groups is 1. The molecule has 1 unspecified atom stereocenters. The van der Waals surface area contributed by atoms with Crippen LogP contribution in [0.5, 0.6) is 5.75 Å². The number of halogens is 2. The first-order valence-corrected chi connectivity index (χ1v) is 9.35. The maximum absolute atomic E-state index is 12.1. The zero-order valence-electron chi connectivity index (χ0n) is 13.5. The van der Waals surface area contributed by atoms with Crippen molar-refractivity contribution in [2.24, 2.45) is 0 Å². The summed E-state index contributed by atoms with van der Waals surface area (Å²) in [6, 6.07) is 13.1. The minimum atomic E-state index is -0.0472. The van der Waals surface area contributed by atoms with Gasteiger partial charge in [0.1, 0.15) is 5.75 Å². The van der Waals surface area contributed by atoms with E-state index in [-0.39, 0.29) is 11.9 Å². The van der Waals surface area contributed by atoms with Crippen molar-refractivity contribution in [2.45, 2.75) is 18.7 Å². The Labute approximate surface area is 156 Å². The van der Waals surface area contributed by atoms with E-state index in [0.29, 0.717) is 21.6 Å². The van der Waals surface area contributed by atoms with Crippen LogP contribution in [0.4, 0.5) is 0 Å². The van der Waals surface area contributed by atoms with E-state index < -0.39 is 0 Å². The van der Waals surface area contributed by atoms with Crippen molar-refractivity contribution in [1.29, 1.82) is 0 Å². The largest absolute Gasteiger partial charge is 0.497 e. The first kappa shape index (κ1) is 19.0. The van der Waals surface area contributed by atoms with Crippen molar-refractivity contribution in [2.75, 3.05) is 12.9 Å². The fourth-order valence-electron chi connectivity index (χ4n) is 2.15. The second-order valence-corrected chi connectivity index (χ2v) is 7.10. The Balaban J connectivity index is 1.78. The van der Waals surface area contributed by atoms with E-state index in [2.05, 4.69) is 5.32 Å². The number of thioether (sulfide) groups is 1. The fourth-order valence-corrected chi connectivity index (χ4v) is 3.26. The van der Waals surface area contributed by atoms with Crippen molar-refractivity contribution < 1.29 is 9.53 Å². The molecule has 0 saturated heterocycles. The lowest BCUT2D eigenvalue weighted by Crippen LogP contribution is -2.28. The molecule has 2 aromatic rings. The van der Waals surface area contributed by atoms with Gasteiger partial charge < -0.3 is 10.1 Å². The molecule has 6 heteroatoms. The van der Waals surface area contributed by atoms with E-state index in [1.54, 1.807) is 13.2 Å². The van der Waals surface area contributed by atoms with E-state index in [0.717, 1.165) is 16.9 Å². The highest BCUT2D eigenvalue weighted by molar-refractivity contribution is 7.99. The third-order valence-electron chi connectivity index (χ3n) is 3.48. The molecule has 0 aromatic heterocycles. The Morgan fingerprint density at radius 1 is 1.17 bits per heavy atom. The summed E-state index contributed by atoms with van der Waals surface area (Å²) in [6.07, 6.45) is 0. The molecule has 2 rings (SSSR count). The molecule has 2 aromatic carbocycles. The monoisotopic (exact) mass is 383 g/mol. The van der Waals surface area contributed by atoms with Crippen LogP contribution in [0, 0.1) is 0 Å². The molecule has 1 N–H and O–H groups in total. The van der Waals surface area contributed by atoms with E-state index in [1.165, 1.54) is 11.8 Å². The maximum Gasteiger partial charge on any atom is 0.230 e. The summed E-state index contributed by atoms with van der Waals surface area (Å²) in [6.45, 7) is 1.96. The van der Waals surface area contributed by atoms with E-state index in [4.69, 9.17) is 27.9 Å². The first-order chi connectivity index (χ1) is 11.5. The highest BCUT2D eigenvalue weighted by atomic mass is 35.5. The van der Waals surface area contributed by atoms with Crippen LogP contribution in [0.3, 0.4) is 0 Å². The van der Waals surface area contributed by atoms with Crippen LogP contribution >= 0.6 is 35.0 Å². The molecule has 3 nitrogen and oxygen atoms in total. The molecule has 0 spiro atoms. The molecule has 0 fully saturated rings. The van der Waals surface area contributed by atoms with Crippen molar-refractivity contribution in [1.82, 2.24) is 5.32 Å². The lowest BCUT2D eigenvalue weighted by atomic mass is 10.1. The molecular formula is C18H19Cl2NO2S. The second-order valence-electron chi connectivity index (χ2n) is 5.30. The Morgan fingerprint density at radius 2 is 1.88 bits per heavy atom. The van der Waals surface area contributed by atoms with Crippen molar-refractivity contribution in [3.63, 3.8) is 0 Å². The number of methoxy groups -OCH3 is 1. The van der Waals surface area contributed by atoms with E-state index in [9.17, 15) is 4.79 Å². The summed E-state index contributed by atoms with van der Waals surface area (Å²) in [5.74, 6) is 1.90. The highest BCUT2D eigenvalue weighted by Crippen LogP contribution is 2.24. The number of ether oxygens (including phenoxy) is 1. The Kier molecular flexibility index (Phi) is 7.28. The predicted octanol–water partition coefficient (Wildman–Crippen LogP) is 5.11. The summed E-state index contributed by atoms with van der Waals surface area (Å²) in [4.78, 5) is 12.1. The number of carbonyl (C=O) groups excluding carboxylic acids is 1. The molecule has 0 aliphatic rings. The van der Waals surface area contributed by atoms with Crippen LogP contribution in [0.15, 0.2) is 42.5 Å². The minimum absolute atomic E-state index is 0.00313. The lowest BCUT2D eigenvalue weighted by molar-refractivity contribution is -0.119. The summed E-state index contributed by atoms with van der Waals surface area (Å²) < 4.78 is 5.13. The van der Waals surface area contributed by atoms with Gasteiger partial charge >= 0.3 is 0 Å². The van der Waals surface area contributed by atoms with Crippen LogP contribution in [-0.2, 0) is 10.5 Å². The fraction of sp³-hybridized carbons (Fsp3) is 0.278. The average molecular weight is 384 g/mol. The molecule has 1 atom stereocenters. The molecule has 0 aliphatic heterocycles. The summed E-state index contributed by atoms with van der Waals surface area (Å²) >= 11 is 13.4. The quantitative estimate of drug-likeness (QED) is 0.721. The number of amides is 1. The van der Waals surface area contributed by atoms with Gasteiger partial charge in [-0.25, -0.2) is 0 Å². The molecule has 0 bridgehead atoms. The Morgan fingerprint density at radius 3 is 2.50 bits per heavy atom. The Bertz CT molecular complexity index is 692. The standard InChI is InChI=1S/C18H19Cl2NO2S/c1-12(14-4-6-15(23-2)7-5-14)21-18(22)11-24-10-13-3-8-16(19)17(20)9-13/h3-9,12H,10-11H2,1-2H3,(H,21,22). The van der Waals surface area contributed by atoms with Gasteiger partial charge in [0.2, 0.25) is 5.91 Å². The van der Waals surface area contributed by atoms with Crippen molar-refractivity contribution in [3.05, 3.63) is 63.6 Å². The smallest absolute Gasteiger partial charge is 0.230 e. The SMILES string of the molecule is COc1ccc(C(C)NC(=O)CSCc2ccc(Cl)c(Cl)c2)cc1. The molecule has 0 heterocycles. The van der Waals surface area contributed by atoms with Crippen LogP contribution in [0.25, 0.3) is 0 Å². The van der Waals surface area contributed by atoms with Gasteiger partial charge in [0.25, 0.3) is 0 Å². The number of hydrogen-bond acceptors (Lipinski definition) is 3. The van der Waals surface area contributed by atoms with Gasteiger partial charge in [-0.05, 0) is 42.3 Å². The Hall–Kier alpha value is -1.36. The van der Waals surface area contributed by atoms with Crippen LogP contribution in [-0.4, -0.2) is 18.8 Å². The maximum atomic E-state index is 12.1. The second kappa shape index (κ2) is 9.21. The van der Waals surface area contributed by atoms with Gasteiger partial charge in [0, 0.05) is 5.75 Å². The molecule has 0 radical (unpaired) electrons. The summed E-state index contributed by atoms with van der Waals surface area (Å²) in [5, 5.41) is 4.07. The molecule has 24 heavy (non-hydrogen) atoms. The topological polar surface area (TPSA) is 38.3 Å². The van der Waals surface area contributed by atoms with Gasteiger partial charge in [0.15, 0.2) is 0 Å². The van der Waals surface area contributed by atoms with Crippen LogP contribution in [0.2, 0.25) is 10.0 Å². The summed E-state index contributed by atoms with van der Waals surface area (Å²) in [5.41, 5.74) is 2.09. The van der Waals surface area contributed by atoms with E-state index >= 15 is 0 Å². The van der Waals surface area contributed by atoms with Crippen LogP contribution in [0.1, 0.15) is 24.1 Å². The number of hydrogen-bond donors (Lipinski definition) is 1. The highest BCUT2D eigenvalue weighted by Gasteiger charge is 2.10. The summed E-state index contributed by atoms with van der Waals surface area (Å²) in [7, 11) is 1.63. The molecule has 1 amide bonds. The number of benzene rings is 2. The van der Waals surface area contributed by atoms with Gasteiger partial charge in [-0.3, -0.25) is 4.79 Å². The molecule has 0 aliphatic carbocycles. The zero-order valence-corrected chi connectivity index (χ0v) is 15.8. The normalized spacial score (nSPS) is 11.8. The number of rotatable bonds is 7. The average Bonchev–Trinajstić information content (AvgIpc) is 2.58. The third kappa shape index (κ3) is 5.62. The molecule has 128 valence electrons. The van der Waals surface area contributed by atoms with Crippen molar-refractivity contribution in [3.8, 4) is 5.75 Å². The predicted molar refractivity (Wildman–Crippen MR) is 102 cm³/mol. The lowest BCUT2D eigenvalue weighted by Gasteiger charge is -2.14. The molecule has 0 saturated carbocycles. The van der Waals surface area contributed by atoms with E-state index in [1.807, 2.05) is 43.3 Å².